The van der Waals surface area contributed by atoms with E-state index in [-0.39, 0.29) is 11.6 Å². The van der Waals surface area contributed by atoms with E-state index >= 15 is 0 Å². The molecule has 0 aliphatic heterocycles. The smallest absolute Gasteiger partial charge is 0.270 e. The highest BCUT2D eigenvalue weighted by Crippen LogP contribution is 2.33. The molecule has 0 aliphatic rings. The lowest BCUT2D eigenvalue weighted by Crippen LogP contribution is -2.08. The predicted octanol–water partition coefficient (Wildman–Crippen LogP) is 4.93. The van der Waals surface area contributed by atoms with Crippen LogP contribution < -0.4 is 14.8 Å². The van der Waals surface area contributed by atoms with Gasteiger partial charge in [-0.2, -0.15) is 0 Å². The fourth-order valence-corrected chi connectivity index (χ4v) is 2.88. The summed E-state index contributed by atoms with van der Waals surface area (Å²) in [5.41, 5.74) is 2.86. The van der Waals surface area contributed by atoms with Gasteiger partial charge in [-0.25, -0.2) is 0 Å². The topological polar surface area (TPSA) is 90.7 Å². The van der Waals surface area contributed by atoms with Crippen molar-refractivity contribution in [1.29, 1.82) is 0 Å². The summed E-state index contributed by atoms with van der Waals surface area (Å²) >= 11 is 0. The highest BCUT2D eigenvalue weighted by molar-refractivity contribution is 6.02. The van der Waals surface area contributed by atoms with Crippen molar-refractivity contribution in [1.82, 2.24) is 0 Å². The lowest BCUT2D eigenvalue weighted by molar-refractivity contribution is -0.384. The number of nitrogens with zero attached hydrogens (tertiary/aromatic N) is 1. The van der Waals surface area contributed by atoms with Gasteiger partial charge in [0.05, 0.1) is 19.1 Å². The highest BCUT2D eigenvalue weighted by Gasteiger charge is 2.09. The molecule has 1 N–H and O–H groups in total. The zero-order valence-electron chi connectivity index (χ0n) is 16.5. The molecule has 0 aliphatic carbocycles. The molecule has 3 rings (SSSR count). The van der Waals surface area contributed by atoms with Gasteiger partial charge in [0.25, 0.3) is 5.69 Å². The van der Waals surface area contributed by atoms with Crippen LogP contribution in [0.5, 0.6) is 11.5 Å². The normalized spacial score (nSPS) is 10.6. The van der Waals surface area contributed by atoms with E-state index in [1.807, 2.05) is 30.3 Å². The van der Waals surface area contributed by atoms with E-state index in [0.717, 1.165) is 16.9 Å². The zero-order valence-corrected chi connectivity index (χ0v) is 16.5. The number of ether oxygens (including phenoxy) is 2. The van der Waals surface area contributed by atoms with Gasteiger partial charge in [0, 0.05) is 29.5 Å². The molecule has 30 heavy (non-hydrogen) atoms. The molecule has 0 heterocycles. The van der Waals surface area contributed by atoms with Crippen molar-refractivity contribution in [2.45, 2.75) is 0 Å². The molecule has 3 aromatic rings. The van der Waals surface area contributed by atoms with E-state index in [1.165, 1.54) is 24.3 Å². The second-order valence-electron chi connectivity index (χ2n) is 6.32. The molecule has 0 saturated carbocycles. The number of nitrogens with one attached hydrogen (secondary N) is 1. The Morgan fingerprint density at radius 3 is 2.43 bits per heavy atom. The summed E-state index contributed by atoms with van der Waals surface area (Å²) in [6.45, 7) is 0. The summed E-state index contributed by atoms with van der Waals surface area (Å²) in [7, 11) is 3.19. The van der Waals surface area contributed by atoms with Crippen molar-refractivity contribution in [3.8, 4) is 22.6 Å². The Labute approximate surface area is 173 Å². The van der Waals surface area contributed by atoms with Crippen molar-refractivity contribution in [3.63, 3.8) is 0 Å². The second-order valence-corrected chi connectivity index (χ2v) is 6.32. The number of nitro benzene ring substituents is 1. The van der Waals surface area contributed by atoms with E-state index in [0.29, 0.717) is 17.0 Å². The summed E-state index contributed by atoms with van der Waals surface area (Å²) in [4.78, 5) is 22.7. The Morgan fingerprint density at radius 2 is 1.77 bits per heavy atom. The third-order valence-corrected chi connectivity index (χ3v) is 4.38. The van der Waals surface area contributed by atoms with Crippen LogP contribution in [-0.4, -0.2) is 25.1 Å². The minimum atomic E-state index is -0.477. The Kier molecular flexibility index (Phi) is 6.44. The van der Waals surface area contributed by atoms with Gasteiger partial charge in [-0.3, -0.25) is 14.9 Å². The lowest BCUT2D eigenvalue weighted by Gasteiger charge is -2.12. The number of carbonyl (C=O) groups excluding carboxylic acids is 1. The number of carbonyl (C=O) groups is 1. The van der Waals surface area contributed by atoms with Crippen LogP contribution in [0.25, 0.3) is 17.2 Å². The van der Waals surface area contributed by atoms with Gasteiger partial charge in [-0.05, 0) is 47.5 Å². The summed E-state index contributed by atoms with van der Waals surface area (Å²) in [5.74, 6) is 1.06. The minimum Gasteiger partial charge on any atom is -0.497 e. The number of hydrogen-bond donors (Lipinski definition) is 1. The maximum atomic E-state index is 12.3. The molecule has 7 heteroatoms. The molecule has 0 unspecified atom stereocenters. The first-order valence-corrected chi connectivity index (χ1v) is 9.06. The second kappa shape index (κ2) is 9.38. The summed E-state index contributed by atoms with van der Waals surface area (Å²) in [6, 6.07) is 18.9. The van der Waals surface area contributed by atoms with Gasteiger partial charge in [0.2, 0.25) is 5.91 Å². The monoisotopic (exact) mass is 404 g/mol. The van der Waals surface area contributed by atoms with Crippen molar-refractivity contribution >= 4 is 23.4 Å². The first-order valence-electron chi connectivity index (χ1n) is 9.06. The summed E-state index contributed by atoms with van der Waals surface area (Å²) in [6.07, 6.45) is 2.85. The van der Waals surface area contributed by atoms with E-state index < -0.39 is 4.92 Å². The van der Waals surface area contributed by atoms with E-state index in [2.05, 4.69) is 5.32 Å². The van der Waals surface area contributed by atoms with Crippen molar-refractivity contribution in [2.24, 2.45) is 0 Å². The number of amides is 1. The molecule has 0 fully saturated rings. The first kappa shape index (κ1) is 20.6. The summed E-state index contributed by atoms with van der Waals surface area (Å²) < 4.78 is 10.6. The van der Waals surface area contributed by atoms with Crippen LogP contribution >= 0.6 is 0 Å². The van der Waals surface area contributed by atoms with Crippen molar-refractivity contribution in [2.75, 3.05) is 19.5 Å². The van der Waals surface area contributed by atoms with Crippen molar-refractivity contribution < 1.29 is 19.2 Å². The number of non-ortho nitro benzene ring substituents is 1. The Hall–Kier alpha value is -4.13. The van der Waals surface area contributed by atoms with Crippen molar-refractivity contribution in [3.05, 3.63) is 88.5 Å². The number of anilines is 1. The van der Waals surface area contributed by atoms with Crippen LogP contribution in [0, 0.1) is 10.1 Å². The maximum absolute atomic E-state index is 12.3. The zero-order chi connectivity index (χ0) is 21.5. The Bertz CT molecular complexity index is 1090. The van der Waals surface area contributed by atoms with Crippen LogP contribution in [0.15, 0.2) is 72.8 Å². The number of nitro groups is 1. The number of benzene rings is 3. The Balaban J connectivity index is 1.78. The first-order chi connectivity index (χ1) is 14.5. The molecule has 1 amide bonds. The Morgan fingerprint density at radius 1 is 1.00 bits per heavy atom. The van der Waals surface area contributed by atoms with Gasteiger partial charge in [-0.1, -0.05) is 24.3 Å². The van der Waals surface area contributed by atoms with Gasteiger partial charge in [0.15, 0.2) is 0 Å². The average molecular weight is 404 g/mol. The predicted molar refractivity (Wildman–Crippen MR) is 116 cm³/mol. The highest BCUT2D eigenvalue weighted by atomic mass is 16.6. The minimum absolute atomic E-state index is 0.0307. The summed E-state index contributed by atoms with van der Waals surface area (Å²) in [5, 5.41) is 13.6. The quantitative estimate of drug-likeness (QED) is 0.342. The van der Waals surface area contributed by atoms with Crippen LogP contribution in [0.3, 0.4) is 0 Å². The van der Waals surface area contributed by atoms with Gasteiger partial charge >= 0.3 is 0 Å². The molecule has 0 bridgehead atoms. The molecule has 0 radical (unpaired) electrons. The third-order valence-electron chi connectivity index (χ3n) is 4.38. The van der Waals surface area contributed by atoms with Crippen LogP contribution in [0.1, 0.15) is 5.56 Å². The molecule has 7 nitrogen and oxygen atoms in total. The standard InChI is InChI=1S/C23H20N2O5/c1-29-20-10-7-17(8-11-20)21-15-18(9-12-22(21)30-2)24-23(26)13-6-16-4-3-5-19(14-16)25(27)28/h3-15H,1-2H3,(H,24,26)/b13-6+. The van der Waals surface area contributed by atoms with Gasteiger partial charge in [0.1, 0.15) is 11.5 Å². The van der Waals surface area contributed by atoms with Crippen LogP contribution in [0.2, 0.25) is 0 Å². The van der Waals surface area contributed by atoms with Gasteiger partial charge in [-0.15, -0.1) is 0 Å². The maximum Gasteiger partial charge on any atom is 0.270 e. The molecule has 0 saturated heterocycles. The number of hydrogen-bond acceptors (Lipinski definition) is 5. The average Bonchev–Trinajstić information content (AvgIpc) is 2.78. The van der Waals surface area contributed by atoms with Gasteiger partial charge < -0.3 is 14.8 Å². The fourth-order valence-electron chi connectivity index (χ4n) is 2.88. The molecule has 0 aromatic heterocycles. The van der Waals surface area contributed by atoms with Crippen LogP contribution in [0.4, 0.5) is 11.4 Å². The molecule has 3 aromatic carbocycles. The number of methoxy groups -OCH3 is 2. The van der Waals surface area contributed by atoms with E-state index in [4.69, 9.17) is 9.47 Å². The van der Waals surface area contributed by atoms with E-state index in [9.17, 15) is 14.9 Å². The van der Waals surface area contributed by atoms with Crippen LogP contribution in [-0.2, 0) is 4.79 Å². The lowest BCUT2D eigenvalue weighted by atomic mass is 10.0. The molecule has 0 atom stereocenters. The molecule has 152 valence electrons. The fraction of sp³-hybridized carbons (Fsp3) is 0.0870. The molecular formula is C23H20N2O5. The SMILES string of the molecule is COc1ccc(-c2cc(NC(=O)/C=C/c3cccc([N+](=O)[O-])c3)ccc2OC)cc1. The van der Waals surface area contributed by atoms with E-state index in [1.54, 1.807) is 38.5 Å². The number of rotatable bonds is 7. The largest absolute Gasteiger partial charge is 0.497 e. The molecule has 0 spiro atoms. The molecular weight excluding hydrogens is 384 g/mol. The third kappa shape index (κ3) is 5.02.